The number of aromatic nitrogens is 1. The van der Waals surface area contributed by atoms with Crippen molar-refractivity contribution < 1.29 is 14.8 Å². The third kappa shape index (κ3) is 2.14. The number of hydrogen-bond acceptors (Lipinski definition) is 4. The average Bonchev–Trinajstić information content (AvgIpc) is 2.72. The summed E-state index contributed by atoms with van der Waals surface area (Å²) >= 11 is 0. The number of aliphatic hydroxyl groups excluding tert-OH is 1. The molecule has 1 saturated carbocycles. The maximum Gasteiger partial charge on any atom is 0.321 e. The predicted octanol–water partition coefficient (Wildman–Crippen LogP) is 0.568. The van der Waals surface area contributed by atoms with Gasteiger partial charge < -0.3 is 20.5 Å². The van der Waals surface area contributed by atoms with E-state index in [1.54, 1.807) is 0 Å². The normalized spacial score (nSPS) is 17.2. The molecule has 92 valence electrons. The molecular formula is C10H13N3O4. The first-order chi connectivity index (χ1) is 8.06. The smallest absolute Gasteiger partial charge is 0.321 e. The average molecular weight is 239 g/mol. The lowest BCUT2D eigenvalue weighted by molar-refractivity contribution is -0.389. The van der Waals surface area contributed by atoms with Crippen molar-refractivity contribution in [1.29, 1.82) is 0 Å². The molecule has 0 spiro atoms. The molecule has 1 aliphatic carbocycles. The van der Waals surface area contributed by atoms with E-state index in [2.05, 4.69) is 10.3 Å². The van der Waals surface area contributed by atoms with Crippen molar-refractivity contribution in [3.05, 3.63) is 27.9 Å². The van der Waals surface area contributed by atoms with Gasteiger partial charge in [0.05, 0.1) is 12.1 Å². The molecule has 1 heterocycles. The molecule has 1 aromatic heterocycles. The van der Waals surface area contributed by atoms with Gasteiger partial charge in [0, 0.05) is 6.07 Å². The molecule has 0 aromatic carbocycles. The number of rotatable bonds is 4. The zero-order valence-electron chi connectivity index (χ0n) is 9.10. The molecule has 0 unspecified atom stereocenters. The number of nitrogens with one attached hydrogen (secondary N) is 2. The number of aliphatic hydroxyl groups is 1. The second kappa shape index (κ2) is 4.17. The van der Waals surface area contributed by atoms with Crippen LogP contribution in [-0.4, -0.2) is 33.1 Å². The molecular weight excluding hydrogens is 226 g/mol. The standard InChI is InChI=1S/C10H13N3O4/c14-6-10(4-1-5-10)12-9(15)7-2-3-8(11-7)13(16)17/h2-3,11,14H,1,4-6H2,(H,12,15). The highest BCUT2D eigenvalue weighted by Gasteiger charge is 2.38. The summed E-state index contributed by atoms with van der Waals surface area (Å²) < 4.78 is 0. The van der Waals surface area contributed by atoms with E-state index >= 15 is 0 Å². The summed E-state index contributed by atoms with van der Waals surface area (Å²) in [6.45, 7) is -0.110. The van der Waals surface area contributed by atoms with Crippen molar-refractivity contribution in [3.63, 3.8) is 0 Å². The molecule has 7 heteroatoms. The quantitative estimate of drug-likeness (QED) is 0.527. The zero-order valence-corrected chi connectivity index (χ0v) is 9.10. The maximum atomic E-state index is 11.8. The molecule has 0 aliphatic heterocycles. The number of hydrogen-bond donors (Lipinski definition) is 3. The molecule has 3 N–H and O–H groups in total. The molecule has 0 atom stereocenters. The van der Waals surface area contributed by atoms with Gasteiger partial charge in [-0.25, -0.2) is 4.98 Å². The van der Waals surface area contributed by atoms with Crippen molar-refractivity contribution >= 4 is 11.7 Å². The van der Waals surface area contributed by atoms with Crippen LogP contribution in [0.4, 0.5) is 5.82 Å². The van der Waals surface area contributed by atoms with E-state index in [0.717, 1.165) is 19.3 Å². The molecule has 0 radical (unpaired) electrons. The van der Waals surface area contributed by atoms with Crippen LogP contribution >= 0.6 is 0 Å². The Balaban J connectivity index is 2.06. The van der Waals surface area contributed by atoms with Gasteiger partial charge in [0.25, 0.3) is 5.91 Å². The Labute approximate surface area is 97.0 Å². The Kier molecular flexibility index (Phi) is 2.84. The fourth-order valence-corrected chi connectivity index (χ4v) is 1.86. The van der Waals surface area contributed by atoms with E-state index in [1.165, 1.54) is 12.1 Å². The first-order valence-corrected chi connectivity index (χ1v) is 5.33. The van der Waals surface area contributed by atoms with Crippen LogP contribution in [0.25, 0.3) is 0 Å². The van der Waals surface area contributed by atoms with E-state index in [1.807, 2.05) is 0 Å². The lowest BCUT2D eigenvalue weighted by atomic mass is 9.77. The molecule has 7 nitrogen and oxygen atoms in total. The molecule has 1 aliphatic rings. The SMILES string of the molecule is O=C(NC1(CO)CCC1)c1ccc([N+](=O)[O-])[nH]1. The van der Waals surface area contributed by atoms with Crippen LogP contribution < -0.4 is 5.32 Å². The third-order valence-corrected chi connectivity index (χ3v) is 3.10. The lowest BCUT2D eigenvalue weighted by Crippen LogP contribution is -2.56. The predicted molar refractivity (Wildman–Crippen MR) is 58.6 cm³/mol. The largest absolute Gasteiger partial charge is 0.394 e. The Bertz CT molecular complexity index is 445. The van der Waals surface area contributed by atoms with Crippen molar-refractivity contribution in [1.82, 2.24) is 10.3 Å². The minimum atomic E-state index is -0.595. The zero-order chi connectivity index (χ0) is 12.5. The number of carbonyl (C=O) groups is 1. The van der Waals surface area contributed by atoms with Gasteiger partial charge in [-0.3, -0.25) is 4.79 Å². The minimum Gasteiger partial charge on any atom is -0.394 e. The number of aromatic amines is 1. The third-order valence-electron chi connectivity index (χ3n) is 3.10. The van der Waals surface area contributed by atoms with Crippen molar-refractivity contribution in [2.75, 3.05) is 6.61 Å². The Morgan fingerprint density at radius 3 is 2.71 bits per heavy atom. The van der Waals surface area contributed by atoms with Gasteiger partial charge >= 0.3 is 5.82 Å². The number of amides is 1. The van der Waals surface area contributed by atoms with E-state index in [-0.39, 0.29) is 18.1 Å². The molecule has 0 saturated heterocycles. The van der Waals surface area contributed by atoms with E-state index in [4.69, 9.17) is 0 Å². The highest BCUT2D eigenvalue weighted by Crippen LogP contribution is 2.31. The number of carbonyl (C=O) groups excluding carboxylic acids is 1. The first kappa shape index (κ1) is 11.6. The van der Waals surface area contributed by atoms with Gasteiger partial charge in [-0.2, -0.15) is 0 Å². The fourth-order valence-electron chi connectivity index (χ4n) is 1.86. The van der Waals surface area contributed by atoms with Gasteiger partial charge in [-0.15, -0.1) is 0 Å². The number of nitro groups is 1. The highest BCUT2D eigenvalue weighted by atomic mass is 16.6. The monoisotopic (exact) mass is 239 g/mol. The van der Waals surface area contributed by atoms with E-state index < -0.39 is 16.4 Å². The minimum absolute atomic E-state index is 0.110. The topological polar surface area (TPSA) is 108 Å². The summed E-state index contributed by atoms with van der Waals surface area (Å²) in [5.74, 6) is -0.645. The van der Waals surface area contributed by atoms with Crippen LogP contribution in [0.2, 0.25) is 0 Å². The summed E-state index contributed by atoms with van der Waals surface area (Å²) in [7, 11) is 0. The van der Waals surface area contributed by atoms with Crippen LogP contribution in [0.5, 0.6) is 0 Å². The molecule has 1 amide bonds. The number of nitrogens with zero attached hydrogens (tertiary/aromatic N) is 1. The summed E-state index contributed by atoms with van der Waals surface area (Å²) in [5, 5.41) is 22.3. The molecule has 1 aromatic rings. The van der Waals surface area contributed by atoms with Crippen LogP contribution in [0.15, 0.2) is 12.1 Å². The van der Waals surface area contributed by atoms with E-state index in [0.29, 0.717) is 0 Å². The Morgan fingerprint density at radius 1 is 1.59 bits per heavy atom. The molecule has 1 fully saturated rings. The van der Waals surface area contributed by atoms with Crippen molar-refractivity contribution in [2.45, 2.75) is 24.8 Å². The number of H-pyrrole nitrogens is 1. The second-order valence-electron chi connectivity index (χ2n) is 4.26. The maximum absolute atomic E-state index is 11.8. The summed E-state index contributed by atoms with van der Waals surface area (Å²) in [6.07, 6.45) is 2.43. The van der Waals surface area contributed by atoms with E-state index in [9.17, 15) is 20.0 Å². The Morgan fingerprint density at radius 2 is 2.29 bits per heavy atom. The summed E-state index contributed by atoms with van der Waals surface area (Å²) in [5.41, 5.74) is -0.409. The summed E-state index contributed by atoms with van der Waals surface area (Å²) in [4.78, 5) is 24.0. The van der Waals surface area contributed by atoms with Gasteiger partial charge in [0.2, 0.25) is 0 Å². The Hall–Kier alpha value is -1.89. The summed E-state index contributed by atoms with van der Waals surface area (Å²) in [6, 6.07) is 2.60. The van der Waals surface area contributed by atoms with Crippen molar-refractivity contribution in [3.8, 4) is 0 Å². The van der Waals surface area contributed by atoms with Crippen LogP contribution in [-0.2, 0) is 0 Å². The molecule has 17 heavy (non-hydrogen) atoms. The molecule has 0 bridgehead atoms. The van der Waals surface area contributed by atoms with Gasteiger partial charge in [0.1, 0.15) is 0 Å². The fraction of sp³-hybridized carbons (Fsp3) is 0.500. The van der Waals surface area contributed by atoms with Crippen LogP contribution in [0.3, 0.4) is 0 Å². The van der Waals surface area contributed by atoms with Crippen LogP contribution in [0, 0.1) is 10.1 Å². The highest BCUT2D eigenvalue weighted by molar-refractivity contribution is 5.93. The van der Waals surface area contributed by atoms with Gasteiger partial charge in [-0.05, 0) is 30.3 Å². The second-order valence-corrected chi connectivity index (χ2v) is 4.26. The lowest BCUT2D eigenvalue weighted by Gasteiger charge is -2.40. The molecule has 2 rings (SSSR count). The first-order valence-electron chi connectivity index (χ1n) is 5.33. The van der Waals surface area contributed by atoms with Crippen molar-refractivity contribution in [2.24, 2.45) is 0 Å². The van der Waals surface area contributed by atoms with Gasteiger partial charge in [-0.1, -0.05) is 0 Å². The van der Waals surface area contributed by atoms with Crippen LogP contribution in [0.1, 0.15) is 29.8 Å². The van der Waals surface area contributed by atoms with Gasteiger partial charge in [0.15, 0.2) is 5.69 Å².